The van der Waals surface area contributed by atoms with E-state index in [4.69, 9.17) is 4.74 Å². The zero-order valence-corrected chi connectivity index (χ0v) is 19.2. The normalized spacial score (nSPS) is 20.5. The van der Waals surface area contributed by atoms with Crippen LogP contribution in [0.3, 0.4) is 0 Å². The van der Waals surface area contributed by atoms with Gasteiger partial charge in [-0.2, -0.15) is 5.10 Å². The number of aliphatic imine (C=N–C) groups is 1. The lowest BCUT2D eigenvalue weighted by atomic mass is 10.1. The molecule has 1 unspecified atom stereocenters. The summed E-state index contributed by atoms with van der Waals surface area (Å²) in [6.45, 7) is 7.88. The number of hydrogen-bond donors (Lipinski definition) is 2. The van der Waals surface area contributed by atoms with Crippen molar-refractivity contribution in [3.63, 3.8) is 0 Å². The van der Waals surface area contributed by atoms with Gasteiger partial charge in [0.1, 0.15) is 6.33 Å². The van der Waals surface area contributed by atoms with Gasteiger partial charge in [-0.05, 0) is 24.0 Å². The Bertz CT molecular complexity index is 777. The molecule has 2 fully saturated rings. The van der Waals surface area contributed by atoms with Crippen molar-refractivity contribution in [2.75, 3.05) is 53.0 Å². The number of aromatic nitrogens is 3. The number of ether oxygens (including phenoxy) is 1. The first kappa shape index (κ1) is 22.0. The molecular weight excluding hydrogens is 481 g/mol. The molecule has 0 aliphatic carbocycles. The Labute approximate surface area is 189 Å². The predicted molar refractivity (Wildman–Crippen MR) is 124 cm³/mol. The van der Waals surface area contributed by atoms with Crippen LogP contribution in [0.2, 0.25) is 0 Å². The van der Waals surface area contributed by atoms with Gasteiger partial charge in [0.25, 0.3) is 0 Å². The number of rotatable bonds is 5. The summed E-state index contributed by atoms with van der Waals surface area (Å²) in [6.07, 6.45) is 2.75. The molecule has 2 saturated heterocycles. The second kappa shape index (κ2) is 10.9. The van der Waals surface area contributed by atoms with E-state index < -0.39 is 0 Å². The molecule has 8 nitrogen and oxygen atoms in total. The van der Waals surface area contributed by atoms with Crippen molar-refractivity contribution in [2.45, 2.75) is 13.0 Å². The van der Waals surface area contributed by atoms with Crippen molar-refractivity contribution in [1.82, 2.24) is 30.3 Å². The van der Waals surface area contributed by atoms with Gasteiger partial charge in [0.15, 0.2) is 11.8 Å². The highest BCUT2D eigenvalue weighted by Crippen LogP contribution is 2.19. The molecule has 2 aliphatic heterocycles. The maximum absolute atomic E-state index is 5.46. The molecule has 29 heavy (non-hydrogen) atoms. The second-order valence-corrected chi connectivity index (χ2v) is 7.45. The van der Waals surface area contributed by atoms with E-state index in [-0.39, 0.29) is 24.0 Å². The van der Waals surface area contributed by atoms with Crippen LogP contribution in [0, 0.1) is 5.92 Å². The topological polar surface area (TPSA) is 81.7 Å². The molecule has 1 atom stereocenters. The molecule has 2 aromatic rings. The molecular formula is C20H30IN7O. The van der Waals surface area contributed by atoms with Gasteiger partial charge in [0.05, 0.1) is 13.2 Å². The van der Waals surface area contributed by atoms with Crippen LogP contribution in [0.4, 0.5) is 0 Å². The lowest BCUT2D eigenvalue weighted by Gasteiger charge is -2.29. The Balaban J connectivity index is 0.00000240. The minimum Gasteiger partial charge on any atom is -0.379 e. The van der Waals surface area contributed by atoms with Crippen LogP contribution in [0.25, 0.3) is 11.4 Å². The van der Waals surface area contributed by atoms with Crippen LogP contribution in [-0.4, -0.2) is 83.9 Å². The zero-order valence-electron chi connectivity index (χ0n) is 16.9. The van der Waals surface area contributed by atoms with Crippen LogP contribution in [-0.2, 0) is 11.3 Å². The van der Waals surface area contributed by atoms with Gasteiger partial charge in [0.2, 0.25) is 0 Å². The first-order valence-corrected chi connectivity index (χ1v) is 10.0. The van der Waals surface area contributed by atoms with Gasteiger partial charge in [-0.15, -0.1) is 24.0 Å². The van der Waals surface area contributed by atoms with E-state index in [1.54, 1.807) is 0 Å². The van der Waals surface area contributed by atoms with E-state index in [2.05, 4.69) is 47.4 Å². The van der Waals surface area contributed by atoms with Gasteiger partial charge < -0.3 is 15.0 Å². The molecule has 1 aromatic heterocycles. The molecule has 3 heterocycles. The summed E-state index contributed by atoms with van der Waals surface area (Å²) in [5.74, 6) is 2.47. The van der Waals surface area contributed by atoms with E-state index in [1.165, 1.54) is 18.3 Å². The maximum atomic E-state index is 5.46. The van der Waals surface area contributed by atoms with E-state index >= 15 is 0 Å². The fraction of sp³-hybridized carbons (Fsp3) is 0.550. The molecule has 4 rings (SSSR count). The third-order valence-electron chi connectivity index (χ3n) is 5.48. The Hall–Kier alpha value is -1.72. The summed E-state index contributed by atoms with van der Waals surface area (Å²) in [7, 11) is 1.86. The number of aromatic amines is 1. The molecule has 2 aliphatic rings. The number of H-pyrrole nitrogens is 1. The molecule has 2 N–H and O–H groups in total. The number of guanidine groups is 1. The number of likely N-dealkylation sites (tertiary alicyclic amines) is 1. The molecule has 1 aromatic carbocycles. The molecule has 0 radical (unpaired) electrons. The lowest BCUT2D eigenvalue weighted by Crippen LogP contribution is -2.42. The maximum Gasteiger partial charge on any atom is 0.193 e. The first-order valence-electron chi connectivity index (χ1n) is 10.0. The number of nitrogens with one attached hydrogen (secondary N) is 2. The van der Waals surface area contributed by atoms with Crippen LogP contribution in [0.15, 0.2) is 35.6 Å². The Kier molecular flexibility index (Phi) is 8.25. The molecule has 0 spiro atoms. The Morgan fingerprint density at radius 3 is 2.93 bits per heavy atom. The number of benzene rings is 1. The summed E-state index contributed by atoms with van der Waals surface area (Å²) in [6, 6.07) is 8.33. The standard InChI is InChI=1S/C20H29N7O.HI/c1-21-20(27-6-5-17(14-27)13-26-7-9-28-10-8-26)22-12-16-3-2-4-18(11-16)19-23-15-24-25-19;/h2-4,11,15,17H,5-10,12-14H2,1H3,(H,21,22)(H,23,24,25);1H. The van der Waals surface area contributed by atoms with Gasteiger partial charge in [0, 0.05) is 51.9 Å². The van der Waals surface area contributed by atoms with Gasteiger partial charge in [-0.25, -0.2) is 4.98 Å². The molecule has 0 saturated carbocycles. The summed E-state index contributed by atoms with van der Waals surface area (Å²) < 4.78 is 5.46. The average molecular weight is 511 g/mol. The third-order valence-corrected chi connectivity index (χ3v) is 5.48. The quantitative estimate of drug-likeness (QED) is 0.362. The molecule has 158 valence electrons. The van der Waals surface area contributed by atoms with Crippen LogP contribution >= 0.6 is 24.0 Å². The summed E-state index contributed by atoms with van der Waals surface area (Å²) in [5.41, 5.74) is 2.23. The molecule has 0 bridgehead atoms. The summed E-state index contributed by atoms with van der Waals surface area (Å²) >= 11 is 0. The monoisotopic (exact) mass is 511 g/mol. The fourth-order valence-corrected chi connectivity index (χ4v) is 4.01. The lowest BCUT2D eigenvalue weighted by molar-refractivity contribution is 0.0315. The van der Waals surface area contributed by atoms with Crippen molar-refractivity contribution in [2.24, 2.45) is 10.9 Å². The number of nitrogens with zero attached hydrogens (tertiary/aromatic N) is 5. The van der Waals surface area contributed by atoms with Crippen molar-refractivity contribution < 1.29 is 4.74 Å². The first-order chi connectivity index (χ1) is 13.8. The van der Waals surface area contributed by atoms with Crippen molar-refractivity contribution in [1.29, 1.82) is 0 Å². The molecule has 0 amide bonds. The number of halogens is 1. The minimum atomic E-state index is 0. The van der Waals surface area contributed by atoms with Crippen LogP contribution < -0.4 is 5.32 Å². The summed E-state index contributed by atoms with van der Waals surface area (Å²) in [4.78, 5) is 13.6. The number of morpholine rings is 1. The van der Waals surface area contributed by atoms with Gasteiger partial charge >= 0.3 is 0 Å². The largest absolute Gasteiger partial charge is 0.379 e. The molecule has 9 heteroatoms. The highest BCUT2D eigenvalue weighted by Gasteiger charge is 2.27. The van der Waals surface area contributed by atoms with E-state index in [9.17, 15) is 0 Å². The highest BCUT2D eigenvalue weighted by atomic mass is 127. The Morgan fingerprint density at radius 2 is 2.17 bits per heavy atom. The van der Waals surface area contributed by atoms with Crippen molar-refractivity contribution >= 4 is 29.9 Å². The fourth-order valence-electron chi connectivity index (χ4n) is 4.01. The minimum absolute atomic E-state index is 0. The van der Waals surface area contributed by atoms with Gasteiger partial charge in [-0.1, -0.05) is 18.2 Å². The second-order valence-electron chi connectivity index (χ2n) is 7.45. The van der Waals surface area contributed by atoms with Crippen LogP contribution in [0.1, 0.15) is 12.0 Å². The van der Waals surface area contributed by atoms with E-state index in [0.717, 1.165) is 69.8 Å². The SMILES string of the molecule is CN=C(NCc1cccc(-c2ncn[nH]2)c1)N1CCC(CN2CCOCC2)C1.I. The third kappa shape index (κ3) is 5.89. The van der Waals surface area contributed by atoms with Crippen molar-refractivity contribution in [3.8, 4) is 11.4 Å². The summed E-state index contributed by atoms with van der Waals surface area (Å²) in [5, 5.41) is 10.4. The van der Waals surface area contributed by atoms with Gasteiger partial charge in [-0.3, -0.25) is 15.0 Å². The Morgan fingerprint density at radius 1 is 1.31 bits per heavy atom. The zero-order chi connectivity index (χ0) is 19.2. The van der Waals surface area contributed by atoms with Crippen molar-refractivity contribution in [3.05, 3.63) is 36.2 Å². The predicted octanol–water partition coefficient (Wildman–Crippen LogP) is 1.82. The van der Waals surface area contributed by atoms with E-state index in [0.29, 0.717) is 5.92 Å². The van der Waals surface area contributed by atoms with Crippen LogP contribution in [0.5, 0.6) is 0 Å². The highest BCUT2D eigenvalue weighted by molar-refractivity contribution is 14.0. The number of hydrogen-bond acceptors (Lipinski definition) is 5. The van der Waals surface area contributed by atoms with E-state index in [1.807, 2.05) is 19.2 Å². The average Bonchev–Trinajstić information content (AvgIpc) is 3.42. The smallest absolute Gasteiger partial charge is 0.193 e.